The van der Waals surface area contributed by atoms with E-state index in [1.807, 2.05) is 43.5 Å². The highest BCUT2D eigenvalue weighted by atomic mass is 32.2. The van der Waals surface area contributed by atoms with Crippen molar-refractivity contribution in [3.8, 4) is 0 Å². The normalized spacial score (nSPS) is 20.3. The molecule has 0 aromatic heterocycles. The highest BCUT2D eigenvalue weighted by molar-refractivity contribution is 8.26. The average molecular weight is 265 g/mol. The SMILES string of the molecule is CC1=C[SH](NC(=O)CF)C(c2ccc(C)cc2)=C1. The van der Waals surface area contributed by atoms with Gasteiger partial charge in [0.15, 0.2) is 6.67 Å². The molecular weight excluding hydrogens is 249 g/mol. The lowest BCUT2D eigenvalue weighted by atomic mass is 10.1. The number of amides is 1. The number of thiol groups is 1. The third kappa shape index (κ3) is 2.82. The molecule has 4 heteroatoms. The fraction of sp³-hybridized carbons (Fsp3) is 0.214. The smallest absolute Gasteiger partial charge is 0.260 e. The van der Waals surface area contributed by atoms with Gasteiger partial charge in [-0.15, -0.1) is 11.1 Å². The Kier molecular flexibility index (Phi) is 3.87. The summed E-state index contributed by atoms with van der Waals surface area (Å²) in [6.07, 6.45) is 2.05. The Morgan fingerprint density at radius 3 is 2.56 bits per heavy atom. The maximum absolute atomic E-state index is 12.3. The molecule has 1 heterocycles. The standard InChI is InChI=1S/C14H16FNOS/c1-10-3-5-12(6-4-10)13-7-11(2)9-18(13)16-14(17)8-15/h3-7,9,18H,8H2,1-2H3,(H,16,17). The van der Waals surface area contributed by atoms with E-state index in [4.69, 9.17) is 0 Å². The minimum Gasteiger partial charge on any atom is -0.311 e. The summed E-state index contributed by atoms with van der Waals surface area (Å²) in [6.45, 7) is 3.05. The predicted octanol–water partition coefficient (Wildman–Crippen LogP) is 3.26. The van der Waals surface area contributed by atoms with Crippen molar-refractivity contribution >= 4 is 21.9 Å². The molecule has 0 saturated carbocycles. The number of rotatable bonds is 3. The molecule has 1 aliphatic rings. The van der Waals surface area contributed by atoms with Crippen molar-refractivity contribution in [2.75, 3.05) is 6.67 Å². The van der Waals surface area contributed by atoms with Crippen LogP contribution >= 0.6 is 11.1 Å². The van der Waals surface area contributed by atoms with Crippen LogP contribution in [0, 0.1) is 6.92 Å². The number of carbonyl (C=O) groups excluding carboxylic acids is 1. The van der Waals surface area contributed by atoms with E-state index >= 15 is 0 Å². The number of benzene rings is 1. The van der Waals surface area contributed by atoms with Gasteiger partial charge in [-0.05, 0) is 36.5 Å². The van der Waals surface area contributed by atoms with Crippen LogP contribution in [0.1, 0.15) is 18.1 Å². The molecule has 1 amide bonds. The summed E-state index contributed by atoms with van der Waals surface area (Å²) >= 11 is -0.920. The number of hydrogen-bond donors (Lipinski definition) is 2. The molecule has 18 heavy (non-hydrogen) atoms. The van der Waals surface area contributed by atoms with Crippen molar-refractivity contribution < 1.29 is 9.18 Å². The van der Waals surface area contributed by atoms with Crippen LogP contribution < -0.4 is 4.72 Å². The molecule has 96 valence electrons. The van der Waals surface area contributed by atoms with E-state index in [-0.39, 0.29) is 0 Å². The van der Waals surface area contributed by atoms with E-state index < -0.39 is 23.7 Å². The molecule has 0 saturated heterocycles. The second-order valence-electron chi connectivity index (χ2n) is 4.31. The Labute approximate surface area is 109 Å². The predicted molar refractivity (Wildman–Crippen MR) is 76.0 cm³/mol. The van der Waals surface area contributed by atoms with E-state index in [2.05, 4.69) is 10.8 Å². The first-order chi connectivity index (χ1) is 8.60. The van der Waals surface area contributed by atoms with Crippen LogP contribution in [0.15, 0.2) is 41.3 Å². The fourth-order valence-electron chi connectivity index (χ4n) is 1.80. The molecule has 1 atom stereocenters. The maximum atomic E-state index is 12.3. The van der Waals surface area contributed by atoms with Crippen molar-refractivity contribution in [1.29, 1.82) is 0 Å². The van der Waals surface area contributed by atoms with Gasteiger partial charge in [0.05, 0.1) is 0 Å². The van der Waals surface area contributed by atoms with Crippen LogP contribution in [0.25, 0.3) is 4.91 Å². The summed E-state index contributed by atoms with van der Waals surface area (Å²) < 4.78 is 15.0. The van der Waals surface area contributed by atoms with Crippen molar-refractivity contribution in [1.82, 2.24) is 4.72 Å². The zero-order chi connectivity index (χ0) is 13.1. The molecular formula is C14H16FNOS. The van der Waals surface area contributed by atoms with Gasteiger partial charge in [-0.25, -0.2) is 4.39 Å². The maximum Gasteiger partial charge on any atom is 0.260 e. The average Bonchev–Trinajstić information content (AvgIpc) is 2.71. The molecule has 1 N–H and O–H groups in total. The monoisotopic (exact) mass is 265 g/mol. The number of nitrogens with one attached hydrogen (secondary N) is 1. The van der Waals surface area contributed by atoms with E-state index in [1.165, 1.54) is 5.56 Å². The number of allylic oxidation sites excluding steroid dienone is 2. The van der Waals surface area contributed by atoms with E-state index in [9.17, 15) is 9.18 Å². The summed E-state index contributed by atoms with van der Waals surface area (Å²) in [7, 11) is 0. The Hall–Kier alpha value is -1.55. The summed E-state index contributed by atoms with van der Waals surface area (Å²) in [4.78, 5) is 12.3. The molecule has 1 unspecified atom stereocenters. The van der Waals surface area contributed by atoms with Gasteiger partial charge < -0.3 is 4.72 Å². The van der Waals surface area contributed by atoms with E-state index in [0.717, 1.165) is 16.0 Å². The van der Waals surface area contributed by atoms with Gasteiger partial charge in [-0.1, -0.05) is 29.8 Å². The van der Waals surface area contributed by atoms with Gasteiger partial charge in [0.25, 0.3) is 5.91 Å². The summed E-state index contributed by atoms with van der Waals surface area (Å²) in [5.74, 6) is -0.551. The van der Waals surface area contributed by atoms with Gasteiger partial charge in [0.2, 0.25) is 0 Å². The quantitative estimate of drug-likeness (QED) is 0.807. The zero-order valence-corrected chi connectivity index (χ0v) is 11.3. The number of hydrogen-bond acceptors (Lipinski definition) is 1. The highest BCUT2D eigenvalue weighted by Gasteiger charge is 2.17. The van der Waals surface area contributed by atoms with Crippen molar-refractivity contribution in [3.63, 3.8) is 0 Å². The second-order valence-corrected chi connectivity index (χ2v) is 6.01. The molecule has 0 spiro atoms. The first-order valence-electron chi connectivity index (χ1n) is 5.72. The third-order valence-corrected chi connectivity index (χ3v) is 4.73. The van der Waals surface area contributed by atoms with Crippen molar-refractivity contribution in [2.45, 2.75) is 13.8 Å². The lowest BCUT2D eigenvalue weighted by Gasteiger charge is -2.19. The third-order valence-electron chi connectivity index (χ3n) is 2.67. The number of halogens is 1. The van der Waals surface area contributed by atoms with Crippen molar-refractivity contribution in [2.24, 2.45) is 0 Å². The summed E-state index contributed by atoms with van der Waals surface area (Å²) in [5.41, 5.74) is 3.38. The molecule has 2 nitrogen and oxygen atoms in total. The zero-order valence-electron chi connectivity index (χ0n) is 10.4. The van der Waals surface area contributed by atoms with Gasteiger partial charge in [-0.3, -0.25) is 4.79 Å². The van der Waals surface area contributed by atoms with Gasteiger partial charge >= 0.3 is 0 Å². The van der Waals surface area contributed by atoms with E-state index in [0.29, 0.717) is 0 Å². The number of aryl methyl sites for hydroxylation is 1. The molecule has 1 aromatic rings. The lowest BCUT2D eigenvalue weighted by Crippen LogP contribution is -2.20. The van der Waals surface area contributed by atoms with Crippen LogP contribution in [0.5, 0.6) is 0 Å². The number of alkyl halides is 1. The van der Waals surface area contributed by atoms with Crippen LogP contribution in [-0.2, 0) is 4.79 Å². The first-order valence-corrected chi connectivity index (χ1v) is 7.13. The number of carbonyl (C=O) groups is 1. The summed E-state index contributed by atoms with van der Waals surface area (Å²) in [5, 5.41) is 2.00. The van der Waals surface area contributed by atoms with Gasteiger partial charge in [-0.2, -0.15) is 0 Å². The molecule has 1 aromatic carbocycles. The van der Waals surface area contributed by atoms with Crippen LogP contribution in [0.4, 0.5) is 4.39 Å². The molecule has 0 radical (unpaired) electrons. The lowest BCUT2D eigenvalue weighted by molar-refractivity contribution is -0.120. The highest BCUT2D eigenvalue weighted by Crippen LogP contribution is 2.46. The van der Waals surface area contributed by atoms with E-state index in [1.54, 1.807) is 0 Å². The Balaban J connectivity index is 2.23. The van der Waals surface area contributed by atoms with Crippen LogP contribution in [0.2, 0.25) is 0 Å². The molecule has 0 fully saturated rings. The minimum absolute atomic E-state index is 0.551. The Bertz CT molecular complexity index is 519. The molecule has 0 bridgehead atoms. The fourth-order valence-corrected chi connectivity index (χ4v) is 3.70. The van der Waals surface area contributed by atoms with Gasteiger partial charge in [0.1, 0.15) is 0 Å². The minimum atomic E-state index is -0.965. The summed E-state index contributed by atoms with van der Waals surface area (Å²) in [6, 6.07) is 8.14. The first kappa shape index (κ1) is 12.9. The largest absolute Gasteiger partial charge is 0.311 e. The molecule has 2 rings (SSSR count). The topological polar surface area (TPSA) is 29.1 Å². The van der Waals surface area contributed by atoms with Crippen molar-refractivity contribution in [3.05, 3.63) is 52.4 Å². The van der Waals surface area contributed by atoms with Crippen LogP contribution in [0.3, 0.4) is 0 Å². The Morgan fingerprint density at radius 2 is 1.94 bits per heavy atom. The molecule has 0 aliphatic carbocycles. The molecule has 1 aliphatic heterocycles. The Morgan fingerprint density at radius 1 is 1.28 bits per heavy atom. The second kappa shape index (κ2) is 5.40. The van der Waals surface area contributed by atoms with Gasteiger partial charge in [0, 0.05) is 4.91 Å². The van der Waals surface area contributed by atoms with Crippen LogP contribution in [-0.4, -0.2) is 12.6 Å².